The van der Waals surface area contributed by atoms with Gasteiger partial charge in [0.25, 0.3) is 0 Å². The predicted octanol–water partition coefficient (Wildman–Crippen LogP) is 1.53. The Morgan fingerprint density at radius 3 is 2.54 bits per heavy atom. The van der Waals surface area contributed by atoms with Crippen LogP contribution in [0.4, 0.5) is 0 Å². The maximum atomic E-state index is 12.3. The van der Waals surface area contributed by atoms with E-state index in [1.165, 1.54) is 0 Å². The molecule has 132 valence electrons. The van der Waals surface area contributed by atoms with Crippen LogP contribution in [0.15, 0.2) is 33.9 Å². The van der Waals surface area contributed by atoms with Crippen molar-refractivity contribution in [2.24, 2.45) is 0 Å². The molecule has 0 atom stereocenters. The summed E-state index contributed by atoms with van der Waals surface area (Å²) in [6.45, 7) is 1.46. The highest BCUT2D eigenvalue weighted by molar-refractivity contribution is 7.90. The summed E-state index contributed by atoms with van der Waals surface area (Å²) in [4.78, 5) is 0. The van der Waals surface area contributed by atoms with Crippen LogP contribution in [0.25, 0.3) is 0 Å². The molecule has 0 saturated carbocycles. The number of sulfonamides is 1. The number of nitrogens with zero attached hydrogens (tertiary/aromatic N) is 2. The summed E-state index contributed by atoms with van der Waals surface area (Å²) in [7, 11) is -7.34. The molecule has 11 heteroatoms. The van der Waals surface area contributed by atoms with Gasteiger partial charge in [-0.25, -0.2) is 21.6 Å². The lowest BCUT2D eigenvalue weighted by atomic mass is 10.2. The molecule has 0 spiro atoms. The quantitative estimate of drug-likeness (QED) is 0.721. The normalized spacial score (nSPS) is 12.4. The van der Waals surface area contributed by atoms with E-state index in [1.807, 2.05) is 0 Å². The first kappa shape index (κ1) is 18.8. The van der Waals surface area contributed by atoms with Crippen molar-refractivity contribution in [1.82, 2.24) is 14.9 Å². The lowest BCUT2D eigenvalue weighted by Crippen LogP contribution is -2.25. The van der Waals surface area contributed by atoms with Gasteiger partial charge in [0, 0.05) is 5.02 Å². The third kappa shape index (κ3) is 5.00. The number of nitrogens with one attached hydrogen (secondary N) is 1. The Kier molecular flexibility index (Phi) is 5.97. The first-order valence-electron chi connectivity index (χ1n) is 6.99. The van der Waals surface area contributed by atoms with Crippen LogP contribution < -0.4 is 4.72 Å². The van der Waals surface area contributed by atoms with E-state index in [2.05, 4.69) is 14.9 Å². The van der Waals surface area contributed by atoms with Crippen molar-refractivity contribution >= 4 is 31.5 Å². The molecule has 1 N–H and O–H groups in total. The molecule has 0 aliphatic heterocycles. The zero-order valence-corrected chi connectivity index (χ0v) is 15.2. The van der Waals surface area contributed by atoms with Gasteiger partial charge >= 0.3 is 5.22 Å². The summed E-state index contributed by atoms with van der Waals surface area (Å²) in [5.74, 6) is -0.568. The molecule has 0 radical (unpaired) electrons. The second-order valence-corrected chi connectivity index (χ2v) is 9.15. The molecule has 2 rings (SSSR count). The van der Waals surface area contributed by atoms with Gasteiger partial charge in [-0.15, -0.1) is 5.10 Å². The fraction of sp³-hybridized carbons (Fsp3) is 0.385. The van der Waals surface area contributed by atoms with E-state index in [9.17, 15) is 16.8 Å². The monoisotopic (exact) mass is 393 g/mol. The summed E-state index contributed by atoms with van der Waals surface area (Å²) >= 11 is 5.94. The van der Waals surface area contributed by atoms with Crippen molar-refractivity contribution in [3.05, 3.63) is 40.7 Å². The van der Waals surface area contributed by atoms with Crippen LogP contribution in [0.3, 0.4) is 0 Å². The number of hydrogen-bond donors (Lipinski definition) is 1. The highest BCUT2D eigenvalue weighted by Crippen LogP contribution is 2.21. The zero-order valence-electron chi connectivity index (χ0n) is 12.8. The van der Waals surface area contributed by atoms with Crippen molar-refractivity contribution in [2.45, 2.75) is 30.9 Å². The highest BCUT2D eigenvalue weighted by atomic mass is 35.5. The maximum absolute atomic E-state index is 12.3. The molecule has 1 aromatic heterocycles. The Balaban J connectivity index is 2.10. The van der Waals surface area contributed by atoms with Gasteiger partial charge in [-0.3, -0.25) is 0 Å². The third-order valence-electron chi connectivity index (χ3n) is 2.93. The maximum Gasteiger partial charge on any atom is 0.335 e. The van der Waals surface area contributed by atoms with E-state index < -0.39 is 30.8 Å². The first-order valence-corrected chi connectivity index (χ1v) is 10.7. The van der Waals surface area contributed by atoms with Gasteiger partial charge in [0.05, 0.1) is 18.1 Å². The SMILES string of the molecule is CCCS(=O)(=O)NCc1nnc(S(=O)(=O)Cc2ccccc2Cl)o1. The Morgan fingerprint density at radius 2 is 1.88 bits per heavy atom. The van der Waals surface area contributed by atoms with Crippen LogP contribution in [-0.4, -0.2) is 32.8 Å². The molecule has 0 bridgehead atoms. The summed E-state index contributed by atoms with van der Waals surface area (Å²) in [5.41, 5.74) is 0.405. The van der Waals surface area contributed by atoms with Crippen LogP contribution >= 0.6 is 11.6 Å². The summed E-state index contributed by atoms with van der Waals surface area (Å²) in [6, 6.07) is 6.51. The molecule has 0 fully saturated rings. The van der Waals surface area contributed by atoms with Gasteiger partial charge in [0.15, 0.2) is 0 Å². The van der Waals surface area contributed by atoms with Crippen LogP contribution in [0.5, 0.6) is 0 Å². The molecule has 1 aromatic carbocycles. The van der Waals surface area contributed by atoms with E-state index in [1.54, 1.807) is 31.2 Å². The van der Waals surface area contributed by atoms with Gasteiger partial charge in [0.2, 0.25) is 25.8 Å². The summed E-state index contributed by atoms with van der Waals surface area (Å²) in [5, 5.41) is 6.77. The second-order valence-electron chi connectivity index (χ2n) is 4.95. The molecule has 0 aliphatic carbocycles. The van der Waals surface area contributed by atoms with Gasteiger partial charge < -0.3 is 4.42 Å². The van der Waals surface area contributed by atoms with E-state index >= 15 is 0 Å². The van der Waals surface area contributed by atoms with Crippen molar-refractivity contribution in [2.75, 3.05) is 5.75 Å². The number of hydrogen-bond acceptors (Lipinski definition) is 7. The molecule has 0 aliphatic rings. The van der Waals surface area contributed by atoms with Crippen LogP contribution in [-0.2, 0) is 32.2 Å². The minimum atomic E-state index is -3.88. The van der Waals surface area contributed by atoms with E-state index in [-0.39, 0.29) is 18.2 Å². The number of sulfone groups is 1. The molecule has 0 unspecified atom stereocenters. The van der Waals surface area contributed by atoms with Crippen molar-refractivity contribution in [3.63, 3.8) is 0 Å². The Bertz CT molecular complexity index is 909. The van der Waals surface area contributed by atoms with Gasteiger partial charge in [0.1, 0.15) is 0 Å². The van der Waals surface area contributed by atoms with E-state index in [4.69, 9.17) is 16.0 Å². The third-order valence-corrected chi connectivity index (χ3v) is 6.22. The van der Waals surface area contributed by atoms with Crippen LogP contribution in [0.2, 0.25) is 5.02 Å². The number of rotatable bonds is 8. The smallest absolute Gasteiger partial charge is 0.335 e. The molecular weight excluding hydrogens is 378 g/mol. The Hall–Kier alpha value is -1.49. The number of halogens is 1. The fourth-order valence-electron chi connectivity index (χ4n) is 1.83. The van der Waals surface area contributed by atoms with Crippen molar-refractivity contribution in [1.29, 1.82) is 0 Å². The first-order chi connectivity index (χ1) is 11.2. The molecule has 1 heterocycles. The number of benzene rings is 1. The number of aromatic nitrogens is 2. The summed E-state index contributed by atoms with van der Waals surface area (Å²) in [6.07, 6.45) is 0.455. The van der Waals surface area contributed by atoms with E-state index in [0.717, 1.165) is 0 Å². The molecular formula is C13H16ClN3O5S2. The standard InChI is InChI=1S/C13H16ClN3O5S2/c1-2-7-24(20,21)15-8-12-16-17-13(22-12)23(18,19)9-10-5-3-4-6-11(10)14/h3-6,15H,2,7-9H2,1H3. The van der Waals surface area contributed by atoms with Crippen LogP contribution in [0.1, 0.15) is 24.8 Å². The Morgan fingerprint density at radius 1 is 1.17 bits per heavy atom. The van der Waals surface area contributed by atoms with Gasteiger partial charge in [-0.2, -0.15) is 0 Å². The molecule has 24 heavy (non-hydrogen) atoms. The fourth-order valence-corrected chi connectivity index (χ4v) is 4.31. The lowest BCUT2D eigenvalue weighted by Gasteiger charge is -2.03. The minimum Gasteiger partial charge on any atom is -0.411 e. The minimum absolute atomic E-state index is 0.0429. The van der Waals surface area contributed by atoms with Crippen molar-refractivity contribution in [3.8, 4) is 0 Å². The second kappa shape index (κ2) is 7.60. The van der Waals surface area contributed by atoms with E-state index in [0.29, 0.717) is 17.0 Å². The molecule has 0 saturated heterocycles. The van der Waals surface area contributed by atoms with Gasteiger partial charge in [-0.1, -0.05) is 41.8 Å². The average molecular weight is 394 g/mol. The highest BCUT2D eigenvalue weighted by Gasteiger charge is 2.24. The predicted molar refractivity (Wildman–Crippen MR) is 87.6 cm³/mol. The Labute approximate surface area is 145 Å². The molecule has 2 aromatic rings. The zero-order chi connectivity index (χ0) is 17.8. The van der Waals surface area contributed by atoms with Crippen molar-refractivity contribution < 1.29 is 21.3 Å². The molecule has 8 nitrogen and oxygen atoms in total. The van der Waals surface area contributed by atoms with Crippen LogP contribution in [0, 0.1) is 0 Å². The lowest BCUT2D eigenvalue weighted by molar-refractivity contribution is 0.393. The largest absolute Gasteiger partial charge is 0.411 e. The molecule has 0 amide bonds. The summed E-state index contributed by atoms with van der Waals surface area (Å²) < 4.78 is 55.0. The van der Waals surface area contributed by atoms with Gasteiger partial charge in [-0.05, 0) is 18.1 Å². The topological polar surface area (TPSA) is 119 Å². The average Bonchev–Trinajstić information content (AvgIpc) is 2.97.